The summed E-state index contributed by atoms with van der Waals surface area (Å²) in [6, 6.07) is 8.64. The van der Waals surface area contributed by atoms with Gasteiger partial charge < -0.3 is 14.8 Å². The number of anilines is 1. The second kappa shape index (κ2) is 6.91. The summed E-state index contributed by atoms with van der Waals surface area (Å²) in [6.07, 6.45) is 2.87. The number of benzene rings is 1. The van der Waals surface area contributed by atoms with E-state index in [0.29, 0.717) is 11.4 Å². The van der Waals surface area contributed by atoms with Gasteiger partial charge in [0.1, 0.15) is 17.3 Å². The molecule has 0 radical (unpaired) electrons. The standard InChI is InChI=1S/C16H16N2O3S/c1-10-3-7-14(19)13(9-10)17-16(22)18-15(20)8-6-12-5-4-11(2)21-12/h3-9,19H,1-2H3,(H2,17,18,20,22)/b8-6+. The minimum Gasteiger partial charge on any atom is -0.506 e. The van der Waals surface area contributed by atoms with Gasteiger partial charge in [0.15, 0.2) is 5.11 Å². The van der Waals surface area contributed by atoms with Gasteiger partial charge in [0.05, 0.1) is 5.69 Å². The van der Waals surface area contributed by atoms with Crippen LogP contribution in [0.4, 0.5) is 5.69 Å². The fourth-order valence-corrected chi connectivity index (χ4v) is 1.97. The maximum atomic E-state index is 11.7. The average molecular weight is 316 g/mol. The van der Waals surface area contributed by atoms with Crippen LogP contribution in [-0.2, 0) is 4.79 Å². The number of hydrogen-bond acceptors (Lipinski definition) is 4. The first-order chi connectivity index (χ1) is 10.4. The molecule has 5 nitrogen and oxygen atoms in total. The Labute approximate surface area is 133 Å². The van der Waals surface area contributed by atoms with Crippen LogP contribution in [0.1, 0.15) is 17.1 Å². The fraction of sp³-hybridized carbons (Fsp3) is 0.125. The molecule has 1 aromatic heterocycles. The van der Waals surface area contributed by atoms with Crippen molar-refractivity contribution >= 4 is 35.0 Å². The minimum atomic E-state index is -0.390. The molecule has 2 aromatic rings. The molecule has 0 atom stereocenters. The summed E-state index contributed by atoms with van der Waals surface area (Å²) in [4.78, 5) is 11.7. The lowest BCUT2D eigenvalue weighted by Gasteiger charge is -2.10. The molecule has 6 heteroatoms. The van der Waals surface area contributed by atoms with Crippen LogP contribution >= 0.6 is 12.2 Å². The molecule has 0 aliphatic carbocycles. The SMILES string of the molecule is Cc1ccc(O)c(NC(=S)NC(=O)/C=C/c2ccc(C)o2)c1. The van der Waals surface area contributed by atoms with Crippen molar-refractivity contribution in [1.29, 1.82) is 0 Å². The normalized spacial score (nSPS) is 10.6. The molecule has 1 amide bonds. The summed E-state index contributed by atoms with van der Waals surface area (Å²) < 4.78 is 5.32. The van der Waals surface area contributed by atoms with Crippen LogP contribution in [0.5, 0.6) is 5.75 Å². The summed E-state index contributed by atoms with van der Waals surface area (Å²) in [5, 5.41) is 15.1. The highest BCUT2D eigenvalue weighted by molar-refractivity contribution is 7.80. The van der Waals surface area contributed by atoms with Crippen molar-refractivity contribution < 1.29 is 14.3 Å². The molecule has 0 bridgehead atoms. The number of aryl methyl sites for hydroxylation is 2. The molecule has 1 aromatic carbocycles. The molecule has 22 heavy (non-hydrogen) atoms. The molecule has 0 saturated carbocycles. The van der Waals surface area contributed by atoms with Crippen LogP contribution in [0.25, 0.3) is 6.08 Å². The second-order valence-corrected chi connectivity index (χ2v) is 5.15. The maximum Gasteiger partial charge on any atom is 0.250 e. The van der Waals surface area contributed by atoms with Gasteiger partial charge >= 0.3 is 0 Å². The molecule has 2 rings (SSSR count). The summed E-state index contributed by atoms with van der Waals surface area (Å²) in [6.45, 7) is 3.71. The van der Waals surface area contributed by atoms with Crippen LogP contribution in [0, 0.1) is 13.8 Å². The van der Waals surface area contributed by atoms with E-state index in [1.165, 1.54) is 6.08 Å². The first kappa shape index (κ1) is 15.8. The zero-order valence-corrected chi connectivity index (χ0v) is 13.0. The van der Waals surface area contributed by atoms with E-state index < -0.39 is 5.91 Å². The van der Waals surface area contributed by atoms with E-state index in [0.717, 1.165) is 11.3 Å². The first-order valence-corrected chi connectivity index (χ1v) is 7.01. The van der Waals surface area contributed by atoms with Crippen molar-refractivity contribution in [1.82, 2.24) is 5.32 Å². The molecule has 114 valence electrons. The Balaban J connectivity index is 1.92. The molecule has 0 saturated heterocycles. The van der Waals surface area contributed by atoms with Crippen molar-refractivity contribution in [2.24, 2.45) is 0 Å². The third-order valence-corrected chi connectivity index (χ3v) is 3.00. The first-order valence-electron chi connectivity index (χ1n) is 6.60. The Morgan fingerprint density at radius 1 is 1.27 bits per heavy atom. The van der Waals surface area contributed by atoms with Gasteiger partial charge in [-0.2, -0.15) is 0 Å². The number of rotatable bonds is 3. The molecule has 0 aliphatic heterocycles. The lowest BCUT2D eigenvalue weighted by Crippen LogP contribution is -2.32. The monoisotopic (exact) mass is 316 g/mol. The van der Waals surface area contributed by atoms with Gasteiger partial charge in [-0.3, -0.25) is 10.1 Å². The van der Waals surface area contributed by atoms with Gasteiger partial charge in [-0.05, 0) is 62.0 Å². The van der Waals surface area contributed by atoms with Crippen LogP contribution in [-0.4, -0.2) is 16.1 Å². The fourth-order valence-electron chi connectivity index (χ4n) is 1.76. The van der Waals surface area contributed by atoms with E-state index in [-0.39, 0.29) is 10.9 Å². The van der Waals surface area contributed by atoms with E-state index in [1.54, 1.807) is 30.3 Å². The van der Waals surface area contributed by atoms with Gasteiger partial charge in [0, 0.05) is 6.08 Å². The quantitative estimate of drug-likeness (QED) is 0.461. The molecular weight excluding hydrogens is 300 g/mol. The van der Waals surface area contributed by atoms with Crippen molar-refractivity contribution in [2.75, 3.05) is 5.32 Å². The molecule has 0 fully saturated rings. The van der Waals surface area contributed by atoms with Gasteiger partial charge in [-0.15, -0.1) is 0 Å². The van der Waals surface area contributed by atoms with Crippen molar-refractivity contribution in [3.05, 3.63) is 53.5 Å². The lowest BCUT2D eigenvalue weighted by molar-refractivity contribution is -0.115. The number of nitrogens with one attached hydrogen (secondary N) is 2. The Morgan fingerprint density at radius 2 is 2.05 bits per heavy atom. The Morgan fingerprint density at radius 3 is 2.73 bits per heavy atom. The third kappa shape index (κ3) is 4.46. The smallest absolute Gasteiger partial charge is 0.250 e. The van der Waals surface area contributed by atoms with Crippen molar-refractivity contribution in [2.45, 2.75) is 13.8 Å². The molecule has 1 heterocycles. The number of carbonyl (C=O) groups excluding carboxylic acids is 1. The largest absolute Gasteiger partial charge is 0.506 e. The Kier molecular flexibility index (Phi) is 4.95. The van der Waals surface area contributed by atoms with E-state index in [2.05, 4.69) is 10.6 Å². The number of furan rings is 1. The van der Waals surface area contributed by atoms with E-state index >= 15 is 0 Å². The predicted molar refractivity (Wildman–Crippen MR) is 89.7 cm³/mol. The average Bonchev–Trinajstić information content (AvgIpc) is 2.86. The minimum absolute atomic E-state index is 0.0591. The van der Waals surface area contributed by atoms with Crippen molar-refractivity contribution in [3.8, 4) is 5.75 Å². The summed E-state index contributed by atoms with van der Waals surface area (Å²) in [5.74, 6) is 1.03. The highest BCUT2D eigenvalue weighted by atomic mass is 32.1. The number of hydrogen-bond donors (Lipinski definition) is 3. The molecule has 0 unspecified atom stereocenters. The summed E-state index contributed by atoms with van der Waals surface area (Å²) in [5.41, 5.74) is 1.40. The van der Waals surface area contributed by atoms with Crippen LogP contribution in [0.2, 0.25) is 0 Å². The highest BCUT2D eigenvalue weighted by Crippen LogP contribution is 2.23. The van der Waals surface area contributed by atoms with E-state index in [1.807, 2.05) is 19.9 Å². The highest BCUT2D eigenvalue weighted by Gasteiger charge is 2.06. The maximum absolute atomic E-state index is 11.7. The number of thiocarbonyl (C=S) groups is 1. The van der Waals surface area contributed by atoms with Crippen molar-refractivity contribution in [3.63, 3.8) is 0 Å². The van der Waals surface area contributed by atoms with Gasteiger partial charge in [0.25, 0.3) is 0 Å². The summed E-state index contributed by atoms with van der Waals surface area (Å²) >= 11 is 5.04. The molecule has 0 spiro atoms. The number of phenolic OH excluding ortho intramolecular Hbond substituents is 1. The molecule has 0 aliphatic rings. The lowest BCUT2D eigenvalue weighted by atomic mass is 10.2. The number of amides is 1. The third-order valence-electron chi connectivity index (χ3n) is 2.80. The Hall–Kier alpha value is -2.60. The van der Waals surface area contributed by atoms with E-state index in [4.69, 9.17) is 16.6 Å². The topological polar surface area (TPSA) is 74.5 Å². The number of aromatic hydroxyl groups is 1. The molecular formula is C16H16N2O3S. The van der Waals surface area contributed by atoms with Gasteiger partial charge in [0.2, 0.25) is 5.91 Å². The van der Waals surface area contributed by atoms with Gasteiger partial charge in [-0.1, -0.05) is 6.07 Å². The number of carbonyl (C=O) groups is 1. The summed E-state index contributed by atoms with van der Waals surface area (Å²) in [7, 11) is 0. The zero-order chi connectivity index (χ0) is 16.1. The second-order valence-electron chi connectivity index (χ2n) is 4.75. The van der Waals surface area contributed by atoms with Crippen LogP contribution in [0.3, 0.4) is 0 Å². The van der Waals surface area contributed by atoms with Crippen LogP contribution in [0.15, 0.2) is 40.8 Å². The predicted octanol–water partition coefficient (Wildman–Crippen LogP) is 3.13. The molecule has 3 N–H and O–H groups in total. The zero-order valence-electron chi connectivity index (χ0n) is 12.2. The van der Waals surface area contributed by atoms with Gasteiger partial charge in [-0.25, -0.2) is 0 Å². The van der Waals surface area contributed by atoms with Crippen LogP contribution < -0.4 is 10.6 Å². The Bertz CT molecular complexity index is 735. The van der Waals surface area contributed by atoms with E-state index in [9.17, 15) is 9.90 Å². The number of phenols is 1.